The van der Waals surface area contributed by atoms with E-state index in [0.29, 0.717) is 11.5 Å². The number of aryl methyl sites for hydroxylation is 1. The maximum atomic E-state index is 12.7. The van der Waals surface area contributed by atoms with Crippen molar-refractivity contribution in [3.8, 4) is 11.1 Å². The van der Waals surface area contributed by atoms with E-state index in [4.69, 9.17) is 0 Å². The second-order valence-electron chi connectivity index (χ2n) is 6.29. The van der Waals surface area contributed by atoms with E-state index in [9.17, 15) is 4.79 Å². The fraction of sp³-hybridized carbons (Fsp3) is 0.368. The average Bonchev–Trinajstić information content (AvgIpc) is 3.04. The van der Waals surface area contributed by atoms with E-state index in [1.54, 1.807) is 6.20 Å². The first-order valence-electron chi connectivity index (χ1n) is 8.13. The van der Waals surface area contributed by atoms with E-state index < -0.39 is 0 Å². The zero-order valence-corrected chi connectivity index (χ0v) is 16.2. The summed E-state index contributed by atoms with van der Waals surface area (Å²) in [6, 6.07) is 10.2. The third-order valence-electron chi connectivity index (χ3n) is 4.44. The largest absolute Gasteiger partial charge is 0.338 e. The van der Waals surface area contributed by atoms with Crippen LogP contribution in [0.3, 0.4) is 0 Å². The standard InChI is InChI=1S/C19H23N3O.2ClH/c1-14-3-5-16(6-4-14)17-9-18(12-21-11-17)19(23)22-8-7-15(13-22)10-20-2;;/h3-6,9,11-12,15,20H,7-8,10,13H2,1-2H3;2*1H. The van der Waals surface area contributed by atoms with Crippen LogP contribution in [0.15, 0.2) is 42.7 Å². The molecule has 1 saturated heterocycles. The van der Waals surface area contributed by atoms with Crippen LogP contribution < -0.4 is 5.32 Å². The predicted octanol–water partition coefficient (Wildman–Crippen LogP) is 3.58. The second kappa shape index (κ2) is 9.76. The van der Waals surface area contributed by atoms with Crippen LogP contribution in [-0.4, -0.2) is 42.5 Å². The highest BCUT2D eigenvalue weighted by molar-refractivity contribution is 5.95. The summed E-state index contributed by atoms with van der Waals surface area (Å²) in [5.74, 6) is 0.641. The molecule has 1 fully saturated rings. The molecule has 1 aromatic carbocycles. The number of pyridine rings is 1. The number of aromatic nitrogens is 1. The Kier molecular flexibility index (Phi) is 8.36. The molecule has 3 rings (SSSR count). The maximum Gasteiger partial charge on any atom is 0.255 e. The van der Waals surface area contributed by atoms with E-state index >= 15 is 0 Å². The van der Waals surface area contributed by atoms with E-state index in [1.807, 2.05) is 24.2 Å². The van der Waals surface area contributed by atoms with Gasteiger partial charge in [0.25, 0.3) is 5.91 Å². The van der Waals surface area contributed by atoms with Gasteiger partial charge in [-0.15, -0.1) is 24.8 Å². The summed E-state index contributed by atoms with van der Waals surface area (Å²) >= 11 is 0. The minimum Gasteiger partial charge on any atom is -0.338 e. The number of likely N-dealkylation sites (tertiary alicyclic amines) is 1. The Morgan fingerprint density at radius 3 is 2.60 bits per heavy atom. The highest BCUT2D eigenvalue weighted by Gasteiger charge is 2.26. The van der Waals surface area contributed by atoms with Crippen LogP contribution in [0.4, 0.5) is 0 Å². The van der Waals surface area contributed by atoms with Crippen LogP contribution in [0.25, 0.3) is 11.1 Å². The molecule has 1 unspecified atom stereocenters. The van der Waals surface area contributed by atoms with Gasteiger partial charge in [0.1, 0.15) is 0 Å². The zero-order chi connectivity index (χ0) is 16.2. The molecular formula is C19H25Cl2N3O. The normalized spacial score (nSPS) is 16.1. The van der Waals surface area contributed by atoms with Gasteiger partial charge < -0.3 is 10.2 Å². The number of halogens is 2. The summed E-state index contributed by atoms with van der Waals surface area (Å²) < 4.78 is 0. The highest BCUT2D eigenvalue weighted by atomic mass is 35.5. The molecule has 2 heterocycles. The van der Waals surface area contributed by atoms with Gasteiger partial charge in [-0.05, 0) is 44.5 Å². The smallest absolute Gasteiger partial charge is 0.255 e. The molecule has 1 aliphatic heterocycles. The van der Waals surface area contributed by atoms with Gasteiger partial charge in [0.15, 0.2) is 0 Å². The molecule has 2 aromatic rings. The summed E-state index contributed by atoms with van der Waals surface area (Å²) in [6.07, 6.45) is 4.55. The molecule has 1 aliphatic rings. The van der Waals surface area contributed by atoms with E-state index in [2.05, 4.69) is 41.5 Å². The fourth-order valence-electron chi connectivity index (χ4n) is 3.12. The molecule has 25 heavy (non-hydrogen) atoms. The molecule has 1 aromatic heterocycles. The molecule has 0 radical (unpaired) electrons. The molecule has 1 atom stereocenters. The highest BCUT2D eigenvalue weighted by Crippen LogP contribution is 2.22. The molecule has 136 valence electrons. The summed E-state index contributed by atoms with van der Waals surface area (Å²) in [6.45, 7) is 4.69. The van der Waals surface area contributed by atoms with E-state index in [0.717, 1.165) is 37.2 Å². The molecule has 0 aliphatic carbocycles. The van der Waals surface area contributed by atoms with Crippen molar-refractivity contribution in [1.29, 1.82) is 0 Å². The van der Waals surface area contributed by atoms with Gasteiger partial charge in [0, 0.05) is 31.0 Å². The monoisotopic (exact) mass is 381 g/mol. The Labute approximate surface area is 161 Å². The van der Waals surface area contributed by atoms with Crippen molar-refractivity contribution in [2.45, 2.75) is 13.3 Å². The third-order valence-corrected chi connectivity index (χ3v) is 4.44. The lowest BCUT2D eigenvalue weighted by molar-refractivity contribution is 0.0787. The van der Waals surface area contributed by atoms with Crippen molar-refractivity contribution in [2.75, 3.05) is 26.7 Å². The number of hydrogen-bond donors (Lipinski definition) is 1. The van der Waals surface area contributed by atoms with E-state index in [-0.39, 0.29) is 30.7 Å². The molecule has 4 nitrogen and oxygen atoms in total. The van der Waals surface area contributed by atoms with Gasteiger partial charge >= 0.3 is 0 Å². The first-order chi connectivity index (χ1) is 11.2. The molecule has 1 N–H and O–H groups in total. The molecule has 0 saturated carbocycles. The molecular weight excluding hydrogens is 357 g/mol. The quantitative estimate of drug-likeness (QED) is 0.879. The van der Waals surface area contributed by atoms with Gasteiger partial charge in [-0.25, -0.2) is 0 Å². The molecule has 6 heteroatoms. The fourth-order valence-corrected chi connectivity index (χ4v) is 3.12. The number of carbonyl (C=O) groups excluding carboxylic acids is 1. The lowest BCUT2D eigenvalue weighted by Gasteiger charge is -2.17. The average molecular weight is 382 g/mol. The van der Waals surface area contributed by atoms with Crippen LogP contribution in [0.2, 0.25) is 0 Å². The Morgan fingerprint density at radius 1 is 1.20 bits per heavy atom. The lowest BCUT2D eigenvalue weighted by atomic mass is 10.0. The topological polar surface area (TPSA) is 45.2 Å². The summed E-state index contributed by atoms with van der Waals surface area (Å²) in [4.78, 5) is 18.9. The minimum atomic E-state index is 0. The SMILES string of the molecule is CNCC1CCN(C(=O)c2cncc(-c3ccc(C)cc3)c2)C1.Cl.Cl. The van der Waals surface area contributed by atoms with Crippen LogP contribution in [0.1, 0.15) is 22.3 Å². The number of nitrogens with zero attached hydrogens (tertiary/aromatic N) is 2. The van der Waals surface area contributed by atoms with Gasteiger partial charge in [0.05, 0.1) is 5.56 Å². The Bertz CT molecular complexity index is 691. The minimum absolute atomic E-state index is 0. The third kappa shape index (κ3) is 5.18. The number of nitrogens with one attached hydrogen (secondary N) is 1. The van der Waals surface area contributed by atoms with Crippen LogP contribution >= 0.6 is 24.8 Å². The van der Waals surface area contributed by atoms with E-state index in [1.165, 1.54) is 5.56 Å². The van der Waals surface area contributed by atoms with Crippen molar-refractivity contribution in [2.24, 2.45) is 5.92 Å². The van der Waals surface area contributed by atoms with Crippen molar-refractivity contribution in [3.63, 3.8) is 0 Å². The van der Waals surface area contributed by atoms with Crippen molar-refractivity contribution >= 4 is 30.7 Å². The number of hydrogen-bond acceptors (Lipinski definition) is 3. The summed E-state index contributed by atoms with van der Waals surface area (Å²) in [7, 11) is 1.96. The van der Waals surface area contributed by atoms with Gasteiger partial charge in [0.2, 0.25) is 0 Å². The lowest BCUT2D eigenvalue weighted by Crippen LogP contribution is -2.30. The van der Waals surface area contributed by atoms with Crippen LogP contribution in [-0.2, 0) is 0 Å². The zero-order valence-electron chi connectivity index (χ0n) is 14.6. The van der Waals surface area contributed by atoms with Gasteiger partial charge in [-0.2, -0.15) is 0 Å². The summed E-state index contributed by atoms with van der Waals surface area (Å²) in [5, 5.41) is 3.19. The summed E-state index contributed by atoms with van der Waals surface area (Å²) in [5.41, 5.74) is 3.98. The first-order valence-corrected chi connectivity index (χ1v) is 8.13. The van der Waals surface area contributed by atoms with Crippen molar-refractivity contribution in [1.82, 2.24) is 15.2 Å². The Balaban J connectivity index is 0.00000156. The number of rotatable bonds is 4. The van der Waals surface area contributed by atoms with Crippen LogP contribution in [0, 0.1) is 12.8 Å². The number of amides is 1. The number of benzene rings is 1. The Morgan fingerprint density at radius 2 is 1.92 bits per heavy atom. The van der Waals surface area contributed by atoms with Gasteiger partial charge in [-0.3, -0.25) is 9.78 Å². The second-order valence-corrected chi connectivity index (χ2v) is 6.29. The van der Waals surface area contributed by atoms with Crippen molar-refractivity contribution < 1.29 is 4.79 Å². The van der Waals surface area contributed by atoms with Gasteiger partial charge in [-0.1, -0.05) is 29.8 Å². The maximum absolute atomic E-state index is 12.7. The first kappa shape index (κ1) is 21.4. The molecule has 0 spiro atoms. The molecule has 1 amide bonds. The Hall–Kier alpha value is -1.62. The number of carbonyl (C=O) groups is 1. The van der Waals surface area contributed by atoms with Crippen LogP contribution in [0.5, 0.6) is 0 Å². The molecule has 0 bridgehead atoms. The predicted molar refractivity (Wildman–Crippen MR) is 107 cm³/mol. The van der Waals surface area contributed by atoms with Crippen molar-refractivity contribution in [3.05, 3.63) is 53.9 Å².